The second-order valence-electron chi connectivity index (χ2n) is 6.96. The molecule has 0 fully saturated rings. The summed E-state index contributed by atoms with van der Waals surface area (Å²) in [6.45, 7) is 8.02. The Morgan fingerprint density at radius 1 is 1.10 bits per heavy atom. The molecule has 0 aliphatic carbocycles. The molecule has 0 aromatic carbocycles. The quantitative estimate of drug-likeness (QED) is 0.582. The van der Waals surface area contributed by atoms with Crippen LogP contribution >= 0.6 is 0 Å². The second kappa shape index (κ2) is 9.17. The van der Waals surface area contributed by atoms with E-state index in [2.05, 4.69) is 30.3 Å². The van der Waals surface area contributed by atoms with E-state index >= 15 is 0 Å². The number of nitrogens with zero attached hydrogens (tertiary/aromatic N) is 2. The molecule has 0 radical (unpaired) electrons. The summed E-state index contributed by atoms with van der Waals surface area (Å²) >= 11 is 0. The van der Waals surface area contributed by atoms with Gasteiger partial charge in [0.15, 0.2) is 0 Å². The molecule has 1 atom stereocenters. The number of methoxy groups -OCH3 is 1. The Morgan fingerprint density at radius 2 is 1.85 bits per heavy atom. The summed E-state index contributed by atoms with van der Waals surface area (Å²) in [6.07, 6.45) is 15.0. The monoisotopic (exact) mass is 280 g/mol. The summed E-state index contributed by atoms with van der Waals surface area (Å²) in [5.74, 6) is 0. The van der Waals surface area contributed by atoms with Gasteiger partial charge in [0.05, 0.1) is 12.4 Å². The number of imidazole rings is 1. The molecule has 3 nitrogen and oxygen atoms in total. The highest BCUT2D eigenvalue weighted by molar-refractivity contribution is 4.73. The fraction of sp³-hybridized carbons (Fsp3) is 0.824. The van der Waals surface area contributed by atoms with Crippen LogP contribution in [-0.2, 0) is 11.3 Å². The largest absolute Gasteiger partial charge is 0.381 e. The Labute approximate surface area is 124 Å². The summed E-state index contributed by atoms with van der Waals surface area (Å²) in [7, 11) is 1.85. The van der Waals surface area contributed by atoms with Crippen LogP contribution in [0.4, 0.5) is 0 Å². The van der Waals surface area contributed by atoms with Crippen molar-refractivity contribution in [3.05, 3.63) is 18.7 Å². The highest BCUT2D eigenvalue weighted by Crippen LogP contribution is 2.23. The van der Waals surface area contributed by atoms with Gasteiger partial charge >= 0.3 is 0 Å². The fourth-order valence-electron chi connectivity index (χ4n) is 2.50. The lowest BCUT2D eigenvalue weighted by Gasteiger charge is -2.20. The molecule has 20 heavy (non-hydrogen) atoms. The molecule has 0 saturated carbocycles. The maximum absolute atomic E-state index is 5.60. The maximum atomic E-state index is 5.60. The van der Waals surface area contributed by atoms with Crippen molar-refractivity contribution in [2.45, 2.75) is 78.4 Å². The lowest BCUT2D eigenvalue weighted by molar-refractivity contribution is 0.0808. The van der Waals surface area contributed by atoms with E-state index in [-0.39, 0.29) is 0 Å². The van der Waals surface area contributed by atoms with E-state index in [9.17, 15) is 0 Å². The van der Waals surface area contributed by atoms with E-state index in [0.29, 0.717) is 11.5 Å². The molecule has 116 valence electrons. The zero-order chi connectivity index (χ0) is 14.8. The van der Waals surface area contributed by atoms with Crippen LogP contribution in [0, 0.1) is 5.41 Å². The first-order valence-corrected chi connectivity index (χ1v) is 8.00. The van der Waals surface area contributed by atoms with Gasteiger partial charge < -0.3 is 9.30 Å². The van der Waals surface area contributed by atoms with Crippen molar-refractivity contribution in [1.82, 2.24) is 9.55 Å². The number of unbranched alkanes of at least 4 members (excludes halogenated alkanes) is 2. The van der Waals surface area contributed by atoms with Crippen LogP contribution in [0.3, 0.4) is 0 Å². The number of hydrogen-bond acceptors (Lipinski definition) is 2. The average molecular weight is 280 g/mol. The van der Waals surface area contributed by atoms with E-state index < -0.39 is 0 Å². The minimum atomic E-state index is 0.448. The van der Waals surface area contributed by atoms with Crippen molar-refractivity contribution in [3.63, 3.8) is 0 Å². The average Bonchev–Trinajstić information content (AvgIpc) is 2.88. The number of ether oxygens (including phenoxy) is 1. The third kappa shape index (κ3) is 8.36. The van der Waals surface area contributed by atoms with Gasteiger partial charge in [-0.2, -0.15) is 0 Å². The van der Waals surface area contributed by atoms with Crippen molar-refractivity contribution in [2.75, 3.05) is 7.11 Å². The van der Waals surface area contributed by atoms with Crippen molar-refractivity contribution >= 4 is 0 Å². The first kappa shape index (κ1) is 17.2. The highest BCUT2D eigenvalue weighted by atomic mass is 16.5. The van der Waals surface area contributed by atoms with Crippen LogP contribution < -0.4 is 0 Å². The number of aryl methyl sites for hydroxylation is 1. The normalized spacial score (nSPS) is 13.6. The molecular weight excluding hydrogens is 248 g/mol. The van der Waals surface area contributed by atoms with Crippen molar-refractivity contribution < 1.29 is 4.74 Å². The van der Waals surface area contributed by atoms with Crippen molar-refractivity contribution in [2.24, 2.45) is 5.41 Å². The molecule has 3 heteroatoms. The molecule has 0 unspecified atom stereocenters. The molecule has 1 aromatic rings. The number of aromatic nitrogens is 2. The van der Waals surface area contributed by atoms with Crippen LogP contribution in [0.15, 0.2) is 18.7 Å². The van der Waals surface area contributed by atoms with Gasteiger partial charge in [-0.05, 0) is 31.1 Å². The maximum Gasteiger partial charge on any atom is 0.0945 e. The van der Waals surface area contributed by atoms with Crippen LogP contribution in [0.5, 0.6) is 0 Å². The van der Waals surface area contributed by atoms with E-state index in [1.165, 1.54) is 44.9 Å². The zero-order valence-corrected chi connectivity index (χ0v) is 13.8. The molecule has 0 bridgehead atoms. The molecule has 1 aromatic heterocycles. The van der Waals surface area contributed by atoms with Gasteiger partial charge in [0.2, 0.25) is 0 Å². The smallest absolute Gasteiger partial charge is 0.0945 e. The van der Waals surface area contributed by atoms with Crippen LogP contribution in [0.1, 0.15) is 65.7 Å². The molecule has 1 heterocycles. The van der Waals surface area contributed by atoms with Gasteiger partial charge in [-0.3, -0.25) is 0 Å². The van der Waals surface area contributed by atoms with Gasteiger partial charge in [-0.25, -0.2) is 4.98 Å². The number of rotatable bonds is 10. The zero-order valence-electron chi connectivity index (χ0n) is 13.8. The lowest BCUT2D eigenvalue weighted by atomic mass is 9.89. The van der Waals surface area contributed by atoms with Gasteiger partial charge in [0.25, 0.3) is 0 Å². The van der Waals surface area contributed by atoms with Gasteiger partial charge in [-0.1, -0.05) is 40.0 Å². The molecular formula is C17H32N2O. The van der Waals surface area contributed by atoms with E-state index in [4.69, 9.17) is 4.74 Å². The summed E-state index contributed by atoms with van der Waals surface area (Å²) in [5.41, 5.74) is 0.448. The van der Waals surface area contributed by atoms with Gasteiger partial charge in [-0.15, -0.1) is 0 Å². The summed E-state index contributed by atoms with van der Waals surface area (Å²) < 4.78 is 7.75. The van der Waals surface area contributed by atoms with Crippen LogP contribution in [0.25, 0.3) is 0 Å². The molecule has 1 rings (SSSR count). The Morgan fingerprint density at radius 3 is 2.45 bits per heavy atom. The number of hydrogen-bond donors (Lipinski definition) is 0. The molecule has 0 N–H and O–H groups in total. The summed E-state index contributed by atoms with van der Waals surface area (Å²) in [6, 6.07) is 0. The minimum absolute atomic E-state index is 0.448. The molecule has 0 aliphatic rings. The first-order valence-electron chi connectivity index (χ1n) is 8.00. The Kier molecular flexibility index (Phi) is 7.90. The first-order chi connectivity index (χ1) is 9.51. The fourth-order valence-corrected chi connectivity index (χ4v) is 2.50. The highest BCUT2D eigenvalue weighted by Gasteiger charge is 2.12. The van der Waals surface area contributed by atoms with Crippen LogP contribution in [-0.4, -0.2) is 22.8 Å². The predicted molar refractivity (Wildman–Crippen MR) is 84.8 cm³/mol. The SMILES string of the molecule is CO[C@@H](CCCCCn1ccnc1)CCCC(C)(C)C. The molecule has 0 amide bonds. The molecule has 0 spiro atoms. The van der Waals surface area contributed by atoms with E-state index in [1.807, 2.05) is 25.8 Å². The minimum Gasteiger partial charge on any atom is -0.381 e. The summed E-state index contributed by atoms with van der Waals surface area (Å²) in [4.78, 5) is 4.06. The van der Waals surface area contributed by atoms with Gasteiger partial charge in [0, 0.05) is 26.0 Å². The Bertz CT molecular complexity index is 327. The Hall–Kier alpha value is -0.830. The third-order valence-electron chi connectivity index (χ3n) is 3.79. The predicted octanol–water partition coefficient (Wildman–Crippen LogP) is 4.67. The van der Waals surface area contributed by atoms with Crippen molar-refractivity contribution in [3.8, 4) is 0 Å². The second-order valence-corrected chi connectivity index (χ2v) is 6.96. The van der Waals surface area contributed by atoms with E-state index in [0.717, 1.165) is 6.54 Å². The van der Waals surface area contributed by atoms with E-state index in [1.54, 1.807) is 0 Å². The molecule has 0 saturated heterocycles. The van der Waals surface area contributed by atoms with Gasteiger partial charge in [0.1, 0.15) is 0 Å². The van der Waals surface area contributed by atoms with Crippen LogP contribution in [0.2, 0.25) is 0 Å². The topological polar surface area (TPSA) is 27.1 Å². The standard InChI is InChI=1S/C17H32N2O/c1-17(2,3)11-8-10-16(20-4)9-6-5-7-13-19-14-12-18-15-19/h12,14-16H,5-11,13H2,1-4H3/t16-/m0/s1. The van der Waals surface area contributed by atoms with Crippen molar-refractivity contribution in [1.29, 1.82) is 0 Å². The summed E-state index contributed by atoms with van der Waals surface area (Å²) in [5, 5.41) is 0. The molecule has 0 aliphatic heterocycles. The lowest BCUT2D eigenvalue weighted by Crippen LogP contribution is -2.12. The Balaban J connectivity index is 2.03. The third-order valence-corrected chi connectivity index (χ3v) is 3.79.